The molecule has 1 aliphatic rings. The Morgan fingerprint density at radius 2 is 1.88 bits per heavy atom. The number of carbonyl (C=O) groups excluding carboxylic acids is 1. The van der Waals surface area contributed by atoms with Crippen molar-refractivity contribution >= 4 is 15.9 Å². The highest BCUT2D eigenvalue weighted by Gasteiger charge is 2.38. The molecule has 2 aromatic rings. The number of fused-ring (bicyclic) bond motifs is 1. The van der Waals surface area contributed by atoms with Crippen molar-refractivity contribution in [2.45, 2.75) is 44.2 Å². The standard InChI is InChI=1S/C24H31FN2O5S/c1-5-24(29)26(4)14-22-16(2)13-27(17(3)15-28)33(30,31)23-11-8-19(12-21(23)32-22)18-6-9-20(25)10-7-18/h6-12,16-17,22,28H,5,13-15H2,1-4H3/t16-,17+,22+/m0/s1. The van der Waals surface area contributed by atoms with Crippen molar-refractivity contribution < 1.29 is 27.4 Å². The summed E-state index contributed by atoms with van der Waals surface area (Å²) < 4.78 is 48.0. The van der Waals surface area contributed by atoms with Gasteiger partial charge in [-0.3, -0.25) is 4.79 Å². The van der Waals surface area contributed by atoms with Crippen LogP contribution in [0.5, 0.6) is 5.75 Å². The molecule has 2 aromatic carbocycles. The first-order chi connectivity index (χ1) is 15.6. The van der Waals surface area contributed by atoms with Gasteiger partial charge in [0.05, 0.1) is 13.2 Å². The number of nitrogens with zero attached hydrogens (tertiary/aromatic N) is 2. The van der Waals surface area contributed by atoms with Gasteiger partial charge in [0.25, 0.3) is 0 Å². The largest absolute Gasteiger partial charge is 0.487 e. The van der Waals surface area contributed by atoms with E-state index in [0.717, 1.165) is 0 Å². The monoisotopic (exact) mass is 478 g/mol. The summed E-state index contributed by atoms with van der Waals surface area (Å²) in [7, 11) is -2.26. The molecule has 0 spiro atoms. The highest BCUT2D eigenvalue weighted by Crippen LogP contribution is 2.36. The molecule has 1 amide bonds. The summed E-state index contributed by atoms with van der Waals surface area (Å²) >= 11 is 0. The number of benzene rings is 2. The van der Waals surface area contributed by atoms with Crippen molar-refractivity contribution in [1.82, 2.24) is 9.21 Å². The lowest BCUT2D eigenvalue weighted by molar-refractivity contribution is -0.131. The summed E-state index contributed by atoms with van der Waals surface area (Å²) in [4.78, 5) is 13.8. The van der Waals surface area contributed by atoms with Gasteiger partial charge in [-0.1, -0.05) is 32.0 Å². The Bertz CT molecular complexity index is 1090. The molecular formula is C24H31FN2O5S. The van der Waals surface area contributed by atoms with E-state index in [-0.39, 0.29) is 48.0 Å². The maximum Gasteiger partial charge on any atom is 0.247 e. The van der Waals surface area contributed by atoms with E-state index in [2.05, 4.69) is 0 Å². The van der Waals surface area contributed by atoms with Crippen LogP contribution in [0.15, 0.2) is 47.4 Å². The second-order valence-electron chi connectivity index (χ2n) is 8.54. The molecule has 0 unspecified atom stereocenters. The van der Waals surface area contributed by atoms with Crippen LogP contribution in [0.4, 0.5) is 4.39 Å². The Labute approximate surface area is 194 Å². The molecule has 0 saturated heterocycles. The molecule has 0 aromatic heterocycles. The van der Waals surface area contributed by atoms with E-state index in [1.807, 2.05) is 6.92 Å². The number of carbonyl (C=O) groups is 1. The third-order valence-electron chi connectivity index (χ3n) is 6.03. The van der Waals surface area contributed by atoms with Crippen LogP contribution in [0.3, 0.4) is 0 Å². The van der Waals surface area contributed by atoms with E-state index in [1.165, 1.54) is 22.5 Å². The lowest BCUT2D eigenvalue weighted by Crippen LogP contribution is -2.50. The average Bonchev–Trinajstić information content (AvgIpc) is 2.80. The molecule has 0 radical (unpaired) electrons. The van der Waals surface area contributed by atoms with Gasteiger partial charge in [-0.2, -0.15) is 4.31 Å². The highest BCUT2D eigenvalue weighted by molar-refractivity contribution is 7.89. The fourth-order valence-electron chi connectivity index (χ4n) is 3.91. The minimum Gasteiger partial charge on any atom is -0.487 e. The molecule has 7 nitrogen and oxygen atoms in total. The Balaban J connectivity index is 2.11. The molecule has 3 atom stereocenters. The second-order valence-corrected chi connectivity index (χ2v) is 10.4. The number of rotatable bonds is 6. The van der Waals surface area contributed by atoms with Gasteiger partial charge in [-0.05, 0) is 42.3 Å². The number of hydrogen-bond acceptors (Lipinski definition) is 5. The van der Waals surface area contributed by atoms with Crippen LogP contribution >= 0.6 is 0 Å². The first-order valence-electron chi connectivity index (χ1n) is 11.0. The number of aliphatic hydroxyl groups is 1. The number of halogens is 1. The van der Waals surface area contributed by atoms with E-state index in [0.29, 0.717) is 17.5 Å². The van der Waals surface area contributed by atoms with Crippen molar-refractivity contribution in [2.75, 3.05) is 26.7 Å². The summed E-state index contributed by atoms with van der Waals surface area (Å²) in [6, 6.07) is 10.0. The van der Waals surface area contributed by atoms with Crippen LogP contribution < -0.4 is 4.74 Å². The minimum atomic E-state index is -3.96. The van der Waals surface area contributed by atoms with Gasteiger partial charge >= 0.3 is 0 Å². The molecule has 1 N–H and O–H groups in total. The number of ether oxygens (including phenoxy) is 1. The van der Waals surface area contributed by atoms with Crippen LogP contribution in [-0.4, -0.2) is 67.5 Å². The zero-order valence-electron chi connectivity index (χ0n) is 19.4. The normalized spacial score (nSPS) is 21.3. The number of likely N-dealkylation sites (N-methyl/N-ethyl adjacent to an activating group) is 1. The smallest absolute Gasteiger partial charge is 0.247 e. The van der Waals surface area contributed by atoms with Crippen molar-refractivity contribution in [3.8, 4) is 16.9 Å². The Morgan fingerprint density at radius 3 is 2.48 bits per heavy atom. The Kier molecular flexibility index (Phi) is 7.76. The van der Waals surface area contributed by atoms with E-state index in [1.54, 1.807) is 50.1 Å². The molecule has 0 bridgehead atoms. The number of hydrogen-bond donors (Lipinski definition) is 1. The average molecular weight is 479 g/mol. The van der Waals surface area contributed by atoms with E-state index in [9.17, 15) is 22.7 Å². The lowest BCUT2D eigenvalue weighted by Gasteiger charge is -2.37. The number of sulfonamides is 1. The molecule has 1 aliphatic heterocycles. The van der Waals surface area contributed by atoms with Crippen LogP contribution in [0, 0.1) is 11.7 Å². The van der Waals surface area contributed by atoms with Crippen molar-refractivity contribution in [1.29, 1.82) is 0 Å². The predicted octanol–water partition coefficient (Wildman–Crippen LogP) is 3.13. The molecule has 3 rings (SSSR count). The maximum atomic E-state index is 13.5. The third-order valence-corrected chi connectivity index (χ3v) is 8.05. The first-order valence-corrected chi connectivity index (χ1v) is 12.5. The SMILES string of the molecule is CCC(=O)N(C)C[C@H]1Oc2cc(-c3ccc(F)cc3)ccc2S(=O)(=O)N([C@H](C)CO)C[C@@H]1C. The summed E-state index contributed by atoms with van der Waals surface area (Å²) in [5.74, 6) is -0.499. The van der Waals surface area contributed by atoms with E-state index >= 15 is 0 Å². The quantitative estimate of drug-likeness (QED) is 0.689. The molecule has 1 heterocycles. The third kappa shape index (κ3) is 5.37. The highest BCUT2D eigenvalue weighted by atomic mass is 32.2. The van der Waals surface area contributed by atoms with E-state index in [4.69, 9.17) is 4.74 Å². The number of aliphatic hydroxyl groups excluding tert-OH is 1. The lowest BCUT2D eigenvalue weighted by atomic mass is 10.0. The molecule has 9 heteroatoms. The maximum absolute atomic E-state index is 13.5. The zero-order valence-corrected chi connectivity index (χ0v) is 20.2. The minimum absolute atomic E-state index is 0.00460. The van der Waals surface area contributed by atoms with Gasteiger partial charge < -0.3 is 14.7 Å². The molecule has 180 valence electrons. The fourth-order valence-corrected chi connectivity index (χ4v) is 5.73. The van der Waals surface area contributed by atoms with Gasteiger partial charge in [0.15, 0.2) is 0 Å². The summed E-state index contributed by atoms with van der Waals surface area (Å²) in [5, 5.41) is 9.73. The van der Waals surface area contributed by atoms with Crippen molar-refractivity contribution in [3.63, 3.8) is 0 Å². The molecule has 0 fully saturated rings. The van der Waals surface area contributed by atoms with Crippen molar-refractivity contribution in [2.24, 2.45) is 5.92 Å². The van der Waals surface area contributed by atoms with E-state index < -0.39 is 22.2 Å². The Morgan fingerprint density at radius 1 is 1.24 bits per heavy atom. The van der Waals surface area contributed by atoms with Gasteiger partial charge in [0.1, 0.15) is 22.6 Å². The van der Waals surface area contributed by atoms with Gasteiger partial charge in [-0.15, -0.1) is 0 Å². The number of amides is 1. The summed E-state index contributed by atoms with van der Waals surface area (Å²) in [5.41, 5.74) is 1.39. The molecule has 33 heavy (non-hydrogen) atoms. The molecule has 0 aliphatic carbocycles. The predicted molar refractivity (Wildman–Crippen MR) is 124 cm³/mol. The molecular weight excluding hydrogens is 447 g/mol. The second kappa shape index (κ2) is 10.2. The van der Waals surface area contributed by atoms with Gasteiger partial charge in [-0.25, -0.2) is 12.8 Å². The van der Waals surface area contributed by atoms with Crippen LogP contribution in [0.1, 0.15) is 27.2 Å². The first kappa shape index (κ1) is 25.1. The fraction of sp³-hybridized carbons (Fsp3) is 0.458. The van der Waals surface area contributed by atoms with Crippen LogP contribution in [0.2, 0.25) is 0 Å². The topological polar surface area (TPSA) is 87.2 Å². The molecule has 0 saturated carbocycles. The van der Waals surface area contributed by atoms with Crippen LogP contribution in [-0.2, 0) is 14.8 Å². The van der Waals surface area contributed by atoms with Gasteiger partial charge in [0, 0.05) is 32.0 Å². The zero-order chi connectivity index (χ0) is 24.3. The van der Waals surface area contributed by atoms with Crippen LogP contribution in [0.25, 0.3) is 11.1 Å². The Hall–Kier alpha value is -2.49. The summed E-state index contributed by atoms with van der Waals surface area (Å²) in [6.07, 6.45) is -0.123. The van der Waals surface area contributed by atoms with Gasteiger partial charge in [0.2, 0.25) is 15.9 Å². The van der Waals surface area contributed by atoms with Crippen molar-refractivity contribution in [3.05, 3.63) is 48.3 Å². The summed E-state index contributed by atoms with van der Waals surface area (Å²) in [6.45, 7) is 5.41.